The number of rotatable bonds is 7. The van der Waals surface area contributed by atoms with Crippen LogP contribution in [0.25, 0.3) is 0 Å². The van der Waals surface area contributed by atoms with Crippen LogP contribution in [0.1, 0.15) is 25.7 Å². The zero-order valence-electron chi connectivity index (χ0n) is 10.1. The summed E-state index contributed by atoms with van der Waals surface area (Å²) in [6.45, 7) is 1.16. The van der Waals surface area contributed by atoms with E-state index in [4.69, 9.17) is 10.5 Å². The van der Waals surface area contributed by atoms with E-state index in [1.165, 1.54) is 19.3 Å². The van der Waals surface area contributed by atoms with Crippen molar-refractivity contribution in [2.24, 2.45) is 5.73 Å². The van der Waals surface area contributed by atoms with E-state index in [-0.39, 0.29) is 12.0 Å². The Bertz CT molecular complexity index is 223. The molecule has 0 aromatic heterocycles. The number of nitrogens with two attached hydrogens (primary N) is 1. The molecule has 1 rings (SSSR count). The molecule has 1 fully saturated rings. The average molecular weight is 246 g/mol. The number of nitrogens with one attached hydrogen (secondary N) is 1. The zero-order valence-corrected chi connectivity index (χ0v) is 10.9. The topological polar surface area (TPSA) is 64.3 Å². The van der Waals surface area contributed by atoms with E-state index < -0.39 is 0 Å². The molecular weight excluding hydrogens is 224 g/mol. The largest absolute Gasteiger partial charge is 0.380 e. The summed E-state index contributed by atoms with van der Waals surface area (Å²) >= 11 is 1.86. The molecule has 4 nitrogen and oxygen atoms in total. The molecule has 1 saturated carbocycles. The Morgan fingerprint density at radius 1 is 1.62 bits per heavy atom. The highest BCUT2D eigenvalue weighted by molar-refractivity contribution is 8.00. The van der Waals surface area contributed by atoms with Crippen molar-refractivity contribution in [1.29, 1.82) is 0 Å². The molecule has 1 amide bonds. The number of hydrogen-bond donors (Lipinski definition) is 2. The van der Waals surface area contributed by atoms with Crippen LogP contribution in [0.5, 0.6) is 0 Å². The fourth-order valence-electron chi connectivity index (χ4n) is 1.83. The van der Waals surface area contributed by atoms with Crippen molar-refractivity contribution in [3.63, 3.8) is 0 Å². The minimum atomic E-state index is -0.161. The Hall–Kier alpha value is -0.260. The smallest absolute Gasteiger partial charge is 0.222 e. The predicted octanol–water partition coefficient (Wildman–Crippen LogP) is 0.752. The summed E-state index contributed by atoms with van der Waals surface area (Å²) in [4.78, 5) is 11.6. The van der Waals surface area contributed by atoms with E-state index in [1.807, 2.05) is 11.8 Å². The molecule has 1 aliphatic carbocycles. The highest BCUT2D eigenvalue weighted by atomic mass is 32.2. The van der Waals surface area contributed by atoms with Crippen LogP contribution >= 0.6 is 11.8 Å². The second-order valence-corrected chi connectivity index (χ2v) is 5.59. The van der Waals surface area contributed by atoms with E-state index in [1.54, 1.807) is 7.11 Å². The maximum absolute atomic E-state index is 11.6. The Morgan fingerprint density at radius 3 is 2.69 bits per heavy atom. The molecule has 1 atom stereocenters. The van der Waals surface area contributed by atoms with Crippen LogP contribution in [-0.4, -0.2) is 43.2 Å². The third-order valence-electron chi connectivity index (χ3n) is 3.31. The Labute approximate surface area is 102 Å². The lowest BCUT2D eigenvalue weighted by Gasteiger charge is -2.40. The van der Waals surface area contributed by atoms with Gasteiger partial charge in [0.05, 0.1) is 12.5 Å². The first kappa shape index (κ1) is 13.8. The molecule has 1 aliphatic rings. The van der Waals surface area contributed by atoms with Crippen LogP contribution in [-0.2, 0) is 9.53 Å². The Kier molecular flexibility index (Phi) is 5.58. The van der Waals surface area contributed by atoms with Crippen LogP contribution in [0.15, 0.2) is 0 Å². The molecule has 94 valence electrons. The van der Waals surface area contributed by atoms with Gasteiger partial charge >= 0.3 is 0 Å². The predicted molar refractivity (Wildman–Crippen MR) is 67.6 cm³/mol. The summed E-state index contributed by atoms with van der Waals surface area (Å²) in [5, 5.41) is 2.98. The molecule has 0 saturated heterocycles. The lowest BCUT2D eigenvalue weighted by atomic mass is 9.84. The van der Waals surface area contributed by atoms with Crippen molar-refractivity contribution in [3.8, 4) is 0 Å². The molecule has 0 aromatic rings. The normalized spacial score (nSPS) is 19.9. The van der Waals surface area contributed by atoms with Crippen LogP contribution < -0.4 is 11.1 Å². The van der Waals surface area contributed by atoms with Gasteiger partial charge in [-0.2, -0.15) is 11.8 Å². The number of hydrogen-bond acceptors (Lipinski definition) is 4. The van der Waals surface area contributed by atoms with Gasteiger partial charge in [0.15, 0.2) is 0 Å². The molecule has 16 heavy (non-hydrogen) atoms. The van der Waals surface area contributed by atoms with Crippen molar-refractivity contribution in [3.05, 3.63) is 0 Å². The summed E-state index contributed by atoms with van der Waals surface area (Å²) in [7, 11) is 1.58. The molecule has 0 spiro atoms. The van der Waals surface area contributed by atoms with Gasteiger partial charge in [0.25, 0.3) is 0 Å². The molecule has 1 unspecified atom stereocenters. The van der Waals surface area contributed by atoms with Crippen molar-refractivity contribution in [1.82, 2.24) is 5.32 Å². The van der Waals surface area contributed by atoms with E-state index in [0.29, 0.717) is 17.7 Å². The lowest BCUT2D eigenvalue weighted by Crippen LogP contribution is -2.46. The second-order valence-electron chi connectivity index (χ2n) is 4.31. The molecule has 3 N–H and O–H groups in total. The van der Waals surface area contributed by atoms with Crippen LogP contribution in [0.2, 0.25) is 0 Å². The molecule has 0 aromatic carbocycles. The Morgan fingerprint density at radius 2 is 2.31 bits per heavy atom. The van der Waals surface area contributed by atoms with Gasteiger partial charge in [-0.15, -0.1) is 0 Å². The highest BCUT2D eigenvalue weighted by Crippen LogP contribution is 2.42. The maximum atomic E-state index is 11.6. The first-order chi connectivity index (χ1) is 7.65. The number of amides is 1. The number of carbonyl (C=O) groups excluding carboxylic acids is 1. The third kappa shape index (κ3) is 3.64. The quantitative estimate of drug-likeness (QED) is 0.696. The second kappa shape index (κ2) is 6.47. The van der Waals surface area contributed by atoms with E-state index in [9.17, 15) is 4.79 Å². The van der Waals surface area contributed by atoms with E-state index >= 15 is 0 Å². The van der Waals surface area contributed by atoms with Crippen LogP contribution in [0, 0.1) is 0 Å². The number of carbonyl (C=O) groups is 1. The minimum Gasteiger partial charge on any atom is -0.380 e. The van der Waals surface area contributed by atoms with E-state index in [0.717, 1.165) is 6.54 Å². The standard InChI is InChI=1S/C11H22N2O2S/c1-15-9(7-12)6-10(14)13-8-11(16-2)4-3-5-11/h9H,3-8,12H2,1-2H3,(H,13,14). The fraction of sp³-hybridized carbons (Fsp3) is 0.909. The van der Waals surface area contributed by atoms with Crippen molar-refractivity contribution >= 4 is 17.7 Å². The van der Waals surface area contributed by atoms with Crippen molar-refractivity contribution < 1.29 is 9.53 Å². The number of thioether (sulfide) groups is 1. The molecule has 0 heterocycles. The van der Waals surface area contributed by atoms with E-state index in [2.05, 4.69) is 11.6 Å². The summed E-state index contributed by atoms with van der Waals surface area (Å²) in [5.41, 5.74) is 5.47. The van der Waals surface area contributed by atoms with Gasteiger partial charge in [-0.25, -0.2) is 0 Å². The van der Waals surface area contributed by atoms with Crippen LogP contribution in [0.3, 0.4) is 0 Å². The SMILES string of the molecule is COC(CN)CC(=O)NCC1(SC)CCC1. The summed E-state index contributed by atoms with van der Waals surface area (Å²) in [5.74, 6) is 0.0395. The molecular formula is C11H22N2O2S. The highest BCUT2D eigenvalue weighted by Gasteiger charge is 2.36. The molecule has 0 bridgehead atoms. The first-order valence-electron chi connectivity index (χ1n) is 5.70. The van der Waals surface area contributed by atoms with Crippen molar-refractivity contribution in [2.75, 3.05) is 26.5 Å². The Balaban J connectivity index is 2.24. The van der Waals surface area contributed by atoms with Gasteiger partial charge in [0, 0.05) is 24.9 Å². The fourth-order valence-corrected chi connectivity index (χ4v) is 2.74. The summed E-state index contributed by atoms with van der Waals surface area (Å²) in [6, 6.07) is 0. The van der Waals surface area contributed by atoms with Gasteiger partial charge in [-0.3, -0.25) is 4.79 Å². The van der Waals surface area contributed by atoms with Gasteiger partial charge in [-0.1, -0.05) is 6.42 Å². The lowest BCUT2D eigenvalue weighted by molar-refractivity contribution is -0.123. The van der Waals surface area contributed by atoms with Gasteiger partial charge < -0.3 is 15.8 Å². The molecule has 0 aliphatic heterocycles. The summed E-state index contributed by atoms with van der Waals surface area (Å²) < 4.78 is 5.37. The zero-order chi connectivity index (χ0) is 12.0. The van der Waals surface area contributed by atoms with Gasteiger partial charge in [0.2, 0.25) is 5.91 Å². The maximum Gasteiger partial charge on any atom is 0.222 e. The molecule has 0 radical (unpaired) electrons. The minimum absolute atomic E-state index is 0.0395. The number of methoxy groups -OCH3 is 1. The average Bonchev–Trinajstić information content (AvgIpc) is 2.25. The molecule has 5 heteroatoms. The first-order valence-corrected chi connectivity index (χ1v) is 6.93. The monoisotopic (exact) mass is 246 g/mol. The summed E-state index contributed by atoms with van der Waals surface area (Å²) in [6.07, 6.45) is 6.01. The number of ether oxygens (including phenoxy) is 1. The van der Waals surface area contributed by atoms with Crippen LogP contribution in [0.4, 0.5) is 0 Å². The van der Waals surface area contributed by atoms with Gasteiger partial charge in [-0.05, 0) is 19.1 Å². The third-order valence-corrected chi connectivity index (χ3v) is 4.73. The van der Waals surface area contributed by atoms with Crippen molar-refractivity contribution in [2.45, 2.75) is 36.5 Å². The van der Waals surface area contributed by atoms with Gasteiger partial charge in [0.1, 0.15) is 0 Å².